The van der Waals surface area contributed by atoms with E-state index in [1.807, 2.05) is 48.5 Å². The molecule has 4 heteroatoms. The van der Waals surface area contributed by atoms with E-state index in [4.69, 9.17) is 5.10 Å². The molecule has 0 aliphatic carbocycles. The summed E-state index contributed by atoms with van der Waals surface area (Å²) in [5.41, 5.74) is 6.02. The number of benzene rings is 2. The Kier molecular flexibility index (Phi) is 3.33. The Morgan fingerprint density at radius 3 is 2.42 bits per heavy atom. The molecular formula is C20H14N4. The highest BCUT2D eigenvalue weighted by atomic mass is 15.3. The zero-order chi connectivity index (χ0) is 16.5. The highest BCUT2D eigenvalue weighted by Crippen LogP contribution is 2.26. The van der Waals surface area contributed by atoms with Crippen molar-refractivity contribution in [3.8, 4) is 28.6 Å². The van der Waals surface area contributed by atoms with Crippen LogP contribution in [0, 0.1) is 18.3 Å². The van der Waals surface area contributed by atoms with E-state index >= 15 is 0 Å². The Bertz CT molecular complexity index is 1050. The monoisotopic (exact) mass is 310 g/mol. The fraction of sp³-hybridized carbons (Fsp3) is 0.0500. The average Bonchev–Trinajstić information content (AvgIpc) is 3.06. The van der Waals surface area contributed by atoms with Crippen LogP contribution in [0.2, 0.25) is 0 Å². The topological polar surface area (TPSA) is 54.0 Å². The summed E-state index contributed by atoms with van der Waals surface area (Å²) in [6.45, 7) is 2.06. The Hall–Kier alpha value is -3.45. The van der Waals surface area contributed by atoms with Crippen LogP contribution in [0.4, 0.5) is 0 Å². The van der Waals surface area contributed by atoms with Crippen molar-refractivity contribution in [2.75, 3.05) is 0 Å². The predicted molar refractivity (Wildman–Crippen MR) is 93.3 cm³/mol. The van der Waals surface area contributed by atoms with E-state index in [1.165, 1.54) is 5.56 Å². The van der Waals surface area contributed by atoms with Crippen LogP contribution in [0.25, 0.3) is 28.2 Å². The summed E-state index contributed by atoms with van der Waals surface area (Å²) < 4.78 is 1.75. The van der Waals surface area contributed by atoms with Crippen LogP contribution in [0.15, 0.2) is 66.9 Å². The van der Waals surface area contributed by atoms with E-state index in [0.717, 1.165) is 28.2 Å². The Morgan fingerprint density at radius 1 is 0.958 bits per heavy atom. The minimum atomic E-state index is 0.507. The summed E-state index contributed by atoms with van der Waals surface area (Å²) in [4.78, 5) is 4.38. The van der Waals surface area contributed by atoms with Gasteiger partial charge in [0.2, 0.25) is 0 Å². The fourth-order valence-electron chi connectivity index (χ4n) is 2.75. The first-order valence-corrected chi connectivity index (χ1v) is 7.67. The molecule has 0 spiro atoms. The summed E-state index contributed by atoms with van der Waals surface area (Å²) in [7, 11) is 0. The van der Waals surface area contributed by atoms with Crippen molar-refractivity contribution in [1.29, 1.82) is 5.26 Å². The van der Waals surface area contributed by atoms with Crippen LogP contribution in [0.3, 0.4) is 0 Å². The zero-order valence-electron chi connectivity index (χ0n) is 13.1. The number of nitrogens with zero attached hydrogens (tertiary/aromatic N) is 4. The summed E-state index contributed by atoms with van der Waals surface area (Å²) in [5.74, 6) is 0. The molecule has 0 aliphatic rings. The van der Waals surface area contributed by atoms with E-state index in [9.17, 15) is 5.26 Å². The van der Waals surface area contributed by atoms with Crippen LogP contribution >= 0.6 is 0 Å². The second-order valence-corrected chi connectivity index (χ2v) is 5.66. The van der Waals surface area contributed by atoms with E-state index in [-0.39, 0.29) is 0 Å². The average molecular weight is 310 g/mol. The Labute approximate surface area is 139 Å². The molecule has 0 fully saturated rings. The first kappa shape index (κ1) is 14.2. The second kappa shape index (κ2) is 5.64. The zero-order valence-corrected chi connectivity index (χ0v) is 13.1. The van der Waals surface area contributed by atoms with E-state index < -0.39 is 0 Å². The third-order valence-electron chi connectivity index (χ3n) is 4.00. The SMILES string of the molecule is Cc1ccc(-c2cc3ncc(C#N)c(-c4ccccc4)n3n2)cc1. The largest absolute Gasteiger partial charge is 0.236 e. The number of rotatable bonds is 2. The third kappa shape index (κ3) is 2.33. The van der Waals surface area contributed by atoms with Gasteiger partial charge in [-0.25, -0.2) is 9.50 Å². The van der Waals surface area contributed by atoms with Gasteiger partial charge in [0.15, 0.2) is 5.65 Å². The maximum Gasteiger partial charge on any atom is 0.156 e. The van der Waals surface area contributed by atoms with Gasteiger partial charge in [-0.2, -0.15) is 10.4 Å². The molecule has 0 amide bonds. The van der Waals surface area contributed by atoms with E-state index in [1.54, 1.807) is 10.7 Å². The molecule has 0 bridgehead atoms. The van der Waals surface area contributed by atoms with Crippen molar-refractivity contribution in [2.24, 2.45) is 0 Å². The van der Waals surface area contributed by atoms with Gasteiger partial charge in [-0.05, 0) is 6.92 Å². The van der Waals surface area contributed by atoms with Gasteiger partial charge in [0.25, 0.3) is 0 Å². The summed E-state index contributed by atoms with van der Waals surface area (Å²) in [6.07, 6.45) is 1.61. The Morgan fingerprint density at radius 2 is 1.71 bits per heavy atom. The van der Waals surface area contributed by atoms with Gasteiger partial charge >= 0.3 is 0 Å². The molecule has 4 rings (SSSR count). The first-order valence-electron chi connectivity index (χ1n) is 7.67. The molecule has 2 aromatic heterocycles. The lowest BCUT2D eigenvalue weighted by Gasteiger charge is -2.06. The van der Waals surface area contributed by atoms with Gasteiger partial charge in [0, 0.05) is 23.4 Å². The number of aryl methyl sites for hydroxylation is 1. The van der Waals surface area contributed by atoms with E-state index in [0.29, 0.717) is 5.56 Å². The van der Waals surface area contributed by atoms with Gasteiger partial charge in [0.05, 0.1) is 17.0 Å². The Balaban J connectivity index is 1.97. The molecule has 0 atom stereocenters. The summed E-state index contributed by atoms with van der Waals surface area (Å²) in [6, 6.07) is 22.2. The smallest absolute Gasteiger partial charge is 0.156 e. The highest BCUT2D eigenvalue weighted by Gasteiger charge is 2.14. The quantitative estimate of drug-likeness (QED) is 0.556. The third-order valence-corrected chi connectivity index (χ3v) is 4.00. The maximum absolute atomic E-state index is 9.46. The van der Waals surface area contributed by atoms with Crippen LogP contribution in [0.1, 0.15) is 11.1 Å². The number of fused-ring (bicyclic) bond motifs is 1. The van der Waals surface area contributed by atoms with Crippen LogP contribution < -0.4 is 0 Å². The predicted octanol–water partition coefficient (Wildman–Crippen LogP) is 4.24. The lowest BCUT2D eigenvalue weighted by atomic mass is 10.1. The van der Waals surface area contributed by atoms with Crippen molar-refractivity contribution in [1.82, 2.24) is 14.6 Å². The highest BCUT2D eigenvalue weighted by molar-refractivity contribution is 5.72. The molecule has 0 aliphatic heterocycles. The molecule has 2 aromatic carbocycles. The lowest BCUT2D eigenvalue weighted by Crippen LogP contribution is -1.99. The molecule has 2 heterocycles. The van der Waals surface area contributed by atoms with Crippen molar-refractivity contribution < 1.29 is 0 Å². The van der Waals surface area contributed by atoms with Crippen molar-refractivity contribution >= 4 is 5.65 Å². The summed E-state index contributed by atoms with van der Waals surface area (Å²) in [5, 5.41) is 14.2. The molecule has 114 valence electrons. The maximum atomic E-state index is 9.46. The fourth-order valence-corrected chi connectivity index (χ4v) is 2.75. The normalized spacial score (nSPS) is 10.7. The number of nitriles is 1. The summed E-state index contributed by atoms with van der Waals surface area (Å²) >= 11 is 0. The van der Waals surface area contributed by atoms with Crippen LogP contribution in [0.5, 0.6) is 0 Å². The van der Waals surface area contributed by atoms with Gasteiger partial charge in [-0.15, -0.1) is 0 Å². The van der Waals surface area contributed by atoms with Crippen molar-refractivity contribution in [2.45, 2.75) is 6.92 Å². The molecular weight excluding hydrogens is 296 g/mol. The van der Waals surface area contributed by atoms with Gasteiger partial charge in [0.1, 0.15) is 6.07 Å². The molecule has 0 saturated carbocycles. The standard InChI is InChI=1S/C20H14N4/c1-14-7-9-15(10-8-14)18-11-19-22-13-17(12-21)20(24(19)23-18)16-5-3-2-4-6-16/h2-11,13H,1H3. The van der Waals surface area contributed by atoms with Gasteiger partial charge < -0.3 is 0 Å². The molecule has 0 saturated heterocycles. The molecule has 24 heavy (non-hydrogen) atoms. The first-order chi connectivity index (χ1) is 11.8. The molecule has 4 aromatic rings. The lowest BCUT2D eigenvalue weighted by molar-refractivity contribution is 0.947. The molecule has 4 nitrogen and oxygen atoms in total. The minimum absolute atomic E-state index is 0.507. The molecule has 0 unspecified atom stereocenters. The van der Waals surface area contributed by atoms with Crippen molar-refractivity contribution in [3.63, 3.8) is 0 Å². The van der Waals surface area contributed by atoms with Crippen LogP contribution in [-0.2, 0) is 0 Å². The minimum Gasteiger partial charge on any atom is -0.236 e. The van der Waals surface area contributed by atoms with Gasteiger partial charge in [-0.3, -0.25) is 0 Å². The molecule has 0 radical (unpaired) electrons. The number of aromatic nitrogens is 3. The van der Waals surface area contributed by atoms with Gasteiger partial charge in [-0.1, -0.05) is 60.2 Å². The van der Waals surface area contributed by atoms with Crippen molar-refractivity contribution in [3.05, 3.63) is 78.0 Å². The number of hydrogen-bond acceptors (Lipinski definition) is 3. The van der Waals surface area contributed by atoms with E-state index in [2.05, 4.69) is 30.1 Å². The molecule has 0 N–H and O–H groups in total. The second-order valence-electron chi connectivity index (χ2n) is 5.66. The van der Waals surface area contributed by atoms with Crippen LogP contribution in [-0.4, -0.2) is 14.6 Å². The number of hydrogen-bond donors (Lipinski definition) is 0.